The van der Waals surface area contributed by atoms with Gasteiger partial charge in [-0.05, 0) is 36.4 Å². The number of nitrogens with zero attached hydrogens (tertiary/aromatic N) is 1. The van der Waals surface area contributed by atoms with Crippen molar-refractivity contribution in [1.29, 1.82) is 0 Å². The third-order valence-corrected chi connectivity index (χ3v) is 4.71. The largest absolute Gasteiger partial charge is 0.492 e. The Hall–Kier alpha value is -3.86. The van der Waals surface area contributed by atoms with Crippen molar-refractivity contribution in [2.24, 2.45) is 0 Å². The van der Waals surface area contributed by atoms with Crippen molar-refractivity contribution >= 4 is 22.7 Å². The average molecular weight is 477 g/mol. The minimum absolute atomic E-state index is 0.0438. The van der Waals surface area contributed by atoms with E-state index in [2.05, 4.69) is 10.3 Å². The summed E-state index contributed by atoms with van der Waals surface area (Å²) in [7, 11) is 0. The lowest BCUT2D eigenvalue weighted by Crippen LogP contribution is -2.39. The summed E-state index contributed by atoms with van der Waals surface area (Å²) in [6.07, 6.45) is -5.87. The number of para-hydroxylation sites is 1. The lowest BCUT2D eigenvalue weighted by molar-refractivity contribution is -0.139. The number of carbonyl (C=O) groups is 2. The number of pyridine rings is 1. The Kier molecular flexibility index (Phi) is 7.90. The van der Waals surface area contributed by atoms with E-state index in [0.29, 0.717) is 23.1 Å². The van der Waals surface area contributed by atoms with E-state index in [4.69, 9.17) is 14.7 Å². The first kappa shape index (κ1) is 24.8. The van der Waals surface area contributed by atoms with Crippen molar-refractivity contribution in [3.63, 3.8) is 0 Å². The molecule has 0 spiro atoms. The smallest absolute Gasteiger partial charge is 0.392 e. The van der Waals surface area contributed by atoms with Crippen LogP contribution < -0.4 is 20.3 Å². The van der Waals surface area contributed by atoms with Crippen LogP contribution in [0.4, 0.5) is 13.2 Å². The number of alkyl halides is 3. The lowest BCUT2D eigenvalue weighted by Gasteiger charge is -2.19. The number of halogens is 3. The number of fused-ring (bicyclic) bond motifs is 1. The number of nitrogens with one attached hydrogen (secondary N) is 2. The minimum atomic E-state index is -4.37. The van der Waals surface area contributed by atoms with Gasteiger partial charge in [-0.25, -0.2) is 10.5 Å². The molecule has 0 saturated carbocycles. The molecule has 34 heavy (non-hydrogen) atoms. The molecule has 2 aromatic carbocycles. The van der Waals surface area contributed by atoms with Gasteiger partial charge >= 0.3 is 6.18 Å². The SMILES string of the molecule is CC[C@H](NC(=O)c1cc(OCCC(F)(F)F)c2ccccc2n1)Oc1ccc(C(=O)NO)cc1. The third-order valence-electron chi connectivity index (χ3n) is 4.71. The number of carbonyl (C=O) groups excluding carboxylic acids is 2. The number of hydrogen-bond donors (Lipinski definition) is 3. The maximum atomic E-state index is 12.8. The van der Waals surface area contributed by atoms with Gasteiger partial charge in [0.15, 0.2) is 6.23 Å². The molecule has 3 rings (SSSR count). The number of aromatic nitrogens is 1. The maximum absolute atomic E-state index is 12.8. The zero-order valence-electron chi connectivity index (χ0n) is 18.1. The van der Waals surface area contributed by atoms with Crippen LogP contribution in [0.2, 0.25) is 0 Å². The number of hydrogen-bond acceptors (Lipinski definition) is 6. The molecule has 3 N–H and O–H groups in total. The van der Waals surface area contributed by atoms with Crippen molar-refractivity contribution in [3.05, 3.63) is 65.9 Å². The Morgan fingerprint density at radius 3 is 2.44 bits per heavy atom. The highest BCUT2D eigenvalue weighted by molar-refractivity contribution is 5.97. The molecule has 1 atom stereocenters. The topological polar surface area (TPSA) is 110 Å². The van der Waals surface area contributed by atoms with Gasteiger partial charge in [0.25, 0.3) is 11.8 Å². The number of rotatable bonds is 9. The quantitative estimate of drug-likeness (QED) is 0.242. The van der Waals surface area contributed by atoms with Gasteiger partial charge in [-0.3, -0.25) is 14.8 Å². The van der Waals surface area contributed by atoms with Gasteiger partial charge < -0.3 is 14.8 Å². The van der Waals surface area contributed by atoms with Crippen LogP contribution in [0.5, 0.6) is 11.5 Å². The summed E-state index contributed by atoms with van der Waals surface area (Å²) < 4.78 is 48.6. The summed E-state index contributed by atoms with van der Waals surface area (Å²) in [4.78, 5) is 28.5. The highest BCUT2D eigenvalue weighted by atomic mass is 19.4. The number of amides is 2. The van der Waals surface area contributed by atoms with Gasteiger partial charge in [-0.15, -0.1) is 0 Å². The minimum Gasteiger partial charge on any atom is -0.492 e. The zero-order valence-corrected chi connectivity index (χ0v) is 18.1. The molecular formula is C23H22F3N3O5. The fourth-order valence-corrected chi connectivity index (χ4v) is 3.00. The van der Waals surface area contributed by atoms with E-state index in [1.165, 1.54) is 35.8 Å². The second kappa shape index (κ2) is 10.8. The predicted molar refractivity (Wildman–Crippen MR) is 116 cm³/mol. The van der Waals surface area contributed by atoms with E-state index < -0.39 is 37.2 Å². The van der Waals surface area contributed by atoms with Crippen LogP contribution in [0.15, 0.2) is 54.6 Å². The van der Waals surface area contributed by atoms with Gasteiger partial charge in [0.05, 0.1) is 18.5 Å². The molecule has 11 heteroatoms. The van der Waals surface area contributed by atoms with Crippen LogP contribution in [-0.2, 0) is 0 Å². The second-order valence-electron chi connectivity index (χ2n) is 7.19. The first-order chi connectivity index (χ1) is 16.2. The molecule has 0 saturated heterocycles. The van der Waals surface area contributed by atoms with Crippen LogP contribution >= 0.6 is 0 Å². The average Bonchev–Trinajstić information content (AvgIpc) is 2.82. The van der Waals surface area contributed by atoms with Crippen molar-refractivity contribution < 1.29 is 37.4 Å². The Balaban J connectivity index is 1.75. The Bertz CT molecular complexity index is 1150. The standard InChI is InChI=1S/C23H22F3N3O5/c1-2-20(34-15-9-7-14(8-10-15)21(30)29-32)28-22(31)18-13-19(33-12-11-23(24,25)26)16-5-3-4-6-17(16)27-18/h3-10,13,20,32H,2,11-12H2,1H3,(H,28,31)(H,29,30)/t20-/m1/s1. The molecule has 1 heterocycles. The van der Waals surface area contributed by atoms with E-state index in [1.807, 2.05) is 0 Å². The number of benzene rings is 2. The van der Waals surface area contributed by atoms with E-state index in [1.54, 1.807) is 31.2 Å². The molecular weight excluding hydrogens is 455 g/mol. The summed E-state index contributed by atoms with van der Waals surface area (Å²) in [6.45, 7) is 1.18. The van der Waals surface area contributed by atoms with Gasteiger partial charge in [0.2, 0.25) is 0 Å². The first-order valence-corrected chi connectivity index (χ1v) is 10.3. The zero-order chi connectivity index (χ0) is 24.7. The van der Waals surface area contributed by atoms with E-state index in [0.717, 1.165) is 0 Å². The monoisotopic (exact) mass is 477 g/mol. The Labute approximate surface area is 192 Å². The molecule has 180 valence electrons. The molecule has 0 radical (unpaired) electrons. The van der Waals surface area contributed by atoms with Crippen molar-refractivity contribution in [1.82, 2.24) is 15.8 Å². The van der Waals surface area contributed by atoms with Gasteiger partial charge in [-0.2, -0.15) is 13.2 Å². The van der Waals surface area contributed by atoms with Crippen LogP contribution in [-0.4, -0.2) is 41.0 Å². The van der Waals surface area contributed by atoms with Crippen molar-refractivity contribution in [2.75, 3.05) is 6.61 Å². The fraction of sp³-hybridized carbons (Fsp3) is 0.261. The molecule has 0 aliphatic heterocycles. The Morgan fingerprint density at radius 2 is 1.79 bits per heavy atom. The molecule has 0 aliphatic carbocycles. The molecule has 0 fully saturated rings. The normalized spacial score (nSPS) is 12.1. The lowest BCUT2D eigenvalue weighted by atomic mass is 10.1. The van der Waals surface area contributed by atoms with Gasteiger partial charge in [0, 0.05) is 23.4 Å². The summed E-state index contributed by atoms with van der Waals surface area (Å²) >= 11 is 0. The van der Waals surface area contributed by atoms with Crippen molar-refractivity contribution in [3.8, 4) is 11.5 Å². The number of ether oxygens (including phenoxy) is 2. The summed E-state index contributed by atoms with van der Waals surface area (Å²) in [5, 5.41) is 11.8. The molecule has 0 unspecified atom stereocenters. The highest BCUT2D eigenvalue weighted by Gasteiger charge is 2.27. The molecule has 3 aromatic rings. The number of hydroxylamine groups is 1. The summed E-state index contributed by atoms with van der Waals surface area (Å²) in [5.41, 5.74) is 2.09. The molecule has 0 bridgehead atoms. The van der Waals surface area contributed by atoms with Crippen LogP contribution in [0.3, 0.4) is 0 Å². The van der Waals surface area contributed by atoms with Gasteiger partial charge in [-0.1, -0.05) is 19.1 Å². The van der Waals surface area contributed by atoms with E-state index in [-0.39, 0.29) is 17.0 Å². The fourth-order valence-electron chi connectivity index (χ4n) is 3.00. The summed E-state index contributed by atoms with van der Waals surface area (Å²) in [6, 6.07) is 13.8. The predicted octanol–water partition coefficient (Wildman–Crippen LogP) is 4.23. The van der Waals surface area contributed by atoms with Crippen LogP contribution in [0, 0.1) is 0 Å². The molecule has 2 amide bonds. The maximum Gasteiger partial charge on any atom is 0.392 e. The molecule has 0 aliphatic rings. The Morgan fingerprint density at radius 1 is 1.09 bits per heavy atom. The van der Waals surface area contributed by atoms with Crippen LogP contribution in [0.1, 0.15) is 40.6 Å². The van der Waals surface area contributed by atoms with E-state index >= 15 is 0 Å². The van der Waals surface area contributed by atoms with Gasteiger partial charge in [0.1, 0.15) is 17.2 Å². The van der Waals surface area contributed by atoms with Crippen LogP contribution in [0.25, 0.3) is 10.9 Å². The highest BCUT2D eigenvalue weighted by Crippen LogP contribution is 2.27. The first-order valence-electron chi connectivity index (χ1n) is 10.3. The van der Waals surface area contributed by atoms with Crippen molar-refractivity contribution in [2.45, 2.75) is 32.2 Å². The second-order valence-corrected chi connectivity index (χ2v) is 7.19. The molecule has 8 nitrogen and oxygen atoms in total. The van der Waals surface area contributed by atoms with E-state index in [9.17, 15) is 22.8 Å². The summed E-state index contributed by atoms with van der Waals surface area (Å²) in [5.74, 6) is -0.798. The third kappa shape index (κ3) is 6.58. The molecule has 1 aromatic heterocycles.